The van der Waals surface area contributed by atoms with Gasteiger partial charge in [0.1, 0.15) is 0 Å². The smallest absolute Gasteiger partial charge is 0.0808 e. The van der Waals surface area contributed by atoms with Gasteiger partial charge in [-0.25, -0.2) is 0 Å². The summed E-state index contributed by atoms with van der Waals surface area (Å²) in [6.07, 6.45) is 18.7. The van der Waals surface area contributed by atoms with Crippen LogP contribution in [-0.4, -0.2) is 62.9 Å². The third-order valence-corrected chi connectivity index (χ3v) is 21.3. The van der Waals surface area contributed by atoms with E-state index in [4.69, 9.17) is 0 Å². The molecule has 2 aromatic carbocycles. The van der Waals surface area contributed by atoms with Gasteiger partial charge in [0.25, 0.3) is 0 Å². The summed E-state index contributed by atoms with van der Waals surface area (Å²) in [7, 11) is 4.17. The maximum absolute atomic E-state index is 13.0. The molecule has 6 heteroatoms. The third-order valence-electron chi connectivity index (χ3n) is 18.8. The second-order valence-corrected chi connectivity index (χ2v) is 23.9. The highest BCUT2D eigenvalue weighted by atomic mass is 33.1. The maximum atomic E-state index is 13.0. The second-order valence-electron chi connectivity index (χ2n) is 21.4. The Morgan fingerprint density at radius 3 is 2.34 bits per heavy atom. The van der Waals surface area contributed by atoms with Gasteiger partial charge < -0.3 is 15.3 Å². The Morgan fingerprint density at radius 1 is 0.696 bits per heavy atom. The van der Waals surface area contributed by atoms with E-state index in [1.165, 1.54) is 77.2 Å². The standard InChI is InChI=1S/C50H71NO3S2/c1-48-22-19-37(52)24-45(48)46(53)26-41-39-17-18-43-42(40(39)25-44(41)48)29-51-28-32-15-16-33(27-50(20-9-4-10-21-50)36-12-5-3-6-13-36)38-14-8-7-11-34(38)30-55-56-31-35(23-32)47(51)49(43,2)54/h3,5-8,11-14,32-33,35,37,39-47,52-54H,4,9-10,15-31H2,1-2H3/t32-,33-,35-,37+,39-,40-,41-,42+,43-,44+,45-,46+,47+,48-,49+/m1/s1. The first-order valence-electron chi connectivity index (χ1n) is 23.3. The van der Waals surface area contributed by atoms with Crippen LogP contribution >= 0.6 is 21.6 Å². The molecule has 3 heterocycles. The monoisotopic (exact) mass is 797 g/mol. The molecule has 2 bridgehead atoms. The van der Waals surface area contributed by atoms with Crippen molar-refractivity contribution in [1.82, 2.24) is 4.90 Å². The fourth-order valence-electron chi connectivity index (χ4n) is 16.5. The SMILES string of the molecule is C[C@]1(O)[C@@H]2CC[C@@H]3[C@@H](C[C@H]4[C@@H]3C[C@H](O)[C@H]3C[C@@H](O)CC[C@@]34C)[C@@H]2CN2C[C@@H]3CC[C@H](CC4(c5ccccc5)CCCCC4)c4ccccc4CSSC[C@@H](C3)[C@H]21. The molecule has 0 spiro atoms. The maximum Gasteiger partial charge on any atom is 0.0808 e. The summed E-state index contributed by atoms with van der Waals surface area (Å²) < 4.78 is 0. The van der Waals surface area contributed by atoms with Crippen molar-refractivity contribution in [3.05, 3.63) is 71.3 Å². The number of benzene rings is 2. The number of aliphatic hydroxyl groups is 3. The fraction of sp³-hybridized carbons (Fsp3) is 0.760. The van der Waals surface area contributed by atoms with Gasteiger partial charge in [0, 0.05) is 30.6 Å². The van der Waals surface area contributed by atoms with Crippen LogP contribution in [0.1, 0.15) is 139 Å². The lowest BCUT2D eigenvalue weighted by atomic mass is 9.51. The molecule has 4 nitrogen and oxygen atoms in total. The first-order chi connectivity index (χ1) is 27.1. The van der Waals surface area contributed by atoms with Gasteiger partial charge >= 0.3 is 0 Å². The predicted molar refractivity (Wildman–Crippen MR) is 232 cm³/mol. The minimum Gasteiger partial charge on any atom is -0.393 e. The molecule has 15 atom stereocenters. The Bertz CT molecular complexity index is 1680. The van der Waals surface area contributed by atoms with Crippen molar-refractivity contribution >= 4 is 21.6 Å². The lowest BCUT2D eigenvalue weighted by Gasteiger charge is -2.62. The largest absolute Gasteiger partial charge is 0.393 e. The Hall–Kier alpha value is -1.02. The number of piperidine rings is 2. The summed E-state index contributed by atoms with van der Waals surface area (Å²) in [4.78, 5) is 2.88. The molecule has 8 aliphatic rings. The van der Waals surface area contributed by atoms with E-state index in [9.17, 15) is 15.3 Å². The van der Waals surface area contributed by atoms with Crippen LogP contribution in [0.4, 0.5) is 0 Å². The number of aliphatic hydroxyl groups excluding tert-OH is 2. The quantitative estimate of drug-likeness (QED) is 0.269. The molecule has 0 aromatic heterocycles. The van der Waals surface area contributed by atoms with Crippen molar-refractivity contribution in [3.63, 3.8) is 0 Å². The van der Waals surface area contributed by atoms with Crippen LogP contribution in [0.3, 0.4) is 0 Å². The molecule has 0 radical (unpaired) electrons. The normalized spacial score (nSPS) is 46.3. The predicted octanol–water partition coefficient (Wildman–Crippen LogP) is 10.6. The molecule has 3 aliphatic heterocycles. The van der Waals surface area contributed by atoms with Gasteiger partial charge in [-0.1, -0.05) is 102 Å². The molecule has 7 fully saturated rings. The van der Waals surface area contributed by atoms with Gasteiger partial charge in [0.15, 0.2) is 0 Å². The van der Waals surface area contributed by atoms with Gasteiger partial charge in [-0.15, -0.1) is 0 Å². The Labute approximate surface area is 346 Å². The van der Waals surface area contributed by atoms with Crippen LogP contribution < -0.4 is 0 Å². The van der Waals surface area contributed by atoms with E-state index in [0.29, 0.717) is 53.3 Å². The van der Waals surface area contributed by atoms with Crippen LogP contribution in [0.15, 0.2) is 54.6 Å². The van der Waals surface area contributed by atoms with E-state index in [0.717, 1.165) is 50.2 Å². The summed E-state index contributed by atoms with van der Waals surface area (Å²) in [6, 6.07) is 21.4. The van der Waals surface area contributed by atoms with E-state index < -0.39 is 5.60 Å². The van der Waals surface area contributed by atoms with E-state index in [-0.39, 0.29) is 35.0 Å². The summed E-state index contributed by atoms with van der Waals surface area (Å²) in [6.45, 7) is 7.09. The van der Waals surface area contributed by atoms with Crippen molar-refractivity contribution in [3.8, 4) is 0 Å². The minimum atomic E-state index is -0.668. The minimum absolute atomic E-state index is 0.140. The van der Waals surface area contributed by atoms with Crippen molar-refractivity contribution in [2.75, 3.05) is 18.8 Å². The lowest BCUT2D eigenvalue weighted by molar-refractivity contribution is -0.190. The summed E-state index contributed by atoms with van der Waals surface area (Å²) in [5.74, 6) is 7.76. The van der Waals surface area contributed by atoms with E-state index in [2.05, 4.69) is 94.9 Å². The highest BCUT2D eigenvalue weighted by Crippen LogP contribution is 2.67. The zero-order valence-corrected chi connectivity index (χ0v) is 36.1. The number of rotatable bonds is 3. The van der Waals surface area contributed by atoms with Crippen LogP contribution in [0.2, 0.25) is 0 Å². The second kappa shape index (κ2) is 15.5. The molecular formula is C50H71NO3S2. The lowest BCUT2D eigenvalue weighted by Crippen LogP contribution is -2.70. The zero-order chi connectivity index (χ0) is 38.2. The molecule has 5 saturated carbocycles. The first kappa shape index (κ1) is 39.1. The zero-order valence-electron chi connectivity index (χ0n) is 34.4. The molecular weight excluding hydrogens is 727 g/mol. The third kappa shape index (κ3) is 6.72. The van der Waals surface area contributed by atoms with Crippen molar-refractivity contribution < 1.29 is 15.3 Å². The molecule has 3 N–H and O–H groups in total. The van der Waals surface area contributed by atoms with Crippen LogP contribution in [0, 0.1) is 58.7 Å². The number of fused-ring (bicyclic) bond motifs is 12. The topological polar surface area (TPSA) is 63.9 Å². The molecule has 306 valence electrons. The van der Waals surface area contributed by atoms with Crippen LogP contribution in [0.25, 0.3) is 0 Å². The van der Waals surface area contributed by atoms with E-state index in [1.54, 1.807) is 16.7 Å². The highest BCUT2D eigenvalue weighted by molar-refractivity contribution is 8.76. The van der Waals surface area contributed by atoms with Gasteiger partial charge in [-0.2, -0.15) is 0 Å². The van der Waals surface area contributed by atoms with Gasteiger partial charge in [-0.05, 0) is 177 Å². The molecule has 0 unspecified atom stereocenters. The van der Waals surface area contributed by atoms with Crippen LogP contribution in [0.5, 0.6) is 0 Å². The van der Waals surface area contributed by atoms with Gasteiger partial charge in [0.05, 0.1) is 17.8 Å². The van der Waals surface area contributed by atoms with E-state index in [1.807, 2.05) is 0 Å². The number of hydrogen-bond donors (Lipinski definition) is 3. The molecule has 0 amide bonds. The Morgan fingerprint density at radius 2 is 1.50 bits per heavy atom. The van der Waals surface area contributed by atoms with Crippen molar-refractivity contribution in [2.45, 2.75) is 158 Å². The Balaban J connectivity index is 0.925. The number of nitrogens with zero attached hydrogens (tertiary/aromatic N) is 1. The first-order valence-corrected chi connectivity index (χ1v) is 25.8. The van der Waals surface area contributed by atoms with Crippen LogP contribution in [-0.2, 0) is 11.2 Å². The summed E-state index contributed by atoms with van der Waals surface area (Å²) >= 11 is 0. The molecule has 56 heavy (non-hydrogen) atoms. The molecule has 10 rings (SSSR count). The molecule has 5 aliphatic carbocycles. The Kier molecular flexibility index (Phi) is 10.8. The summed E-state index contributed by atoms with van der Waals surface area (Å²) in [5.41, 5.74) is 4.51. The molecule has 2 aromatic rings. The molecule has 2 saturated heterocycles. The van der Waals surface area contributed by atoms with Gasteiger partial charge in [0.2, 0.25) is 0 Å². The van der Waals surface area contributed by atoms with Gasteiger partial charge in [-0.3, -0.25) is 4.90 Å². The average Bonchev–Trinajstić information content (AvgIpc) is 3.59. The number of hydrogen-bond acceptors (Lipinski definition) is 6. The van der Waals surface area contributed by atoms with E-state index >= 15 is 0 Å². The summed E-state index contributed by atoms with van der Waals surface area (Å²) in [5, 5.41) is 35.3. The fourth-order valence-corrected chi connectivity index (χ4v) is 19.0. The highest BCUT2D eigenvalue weighted by Gasteiger charge is 2.65. The average molecular weight is 798 g/mol. The van der Waals surface area contributed by atoms with Crippen molar-refractivity contribution in [1.29, 1.82) is 0 Å². The van der Waals surface area contributed by atoms with Crippen molar-refractivity contribution in [2.24, 2.45) is 58.7 Å².